The van der Waals surface area contributed by atoms with Crippen molar-refractivity contribution in [3.05, 3.63) is 366 Å². The van der Waals surface area contributed by atoms with Crippen molar-refractivity contribution in [3.63, 3.8) is 0 Å². The largest absolute Gasteiger partial charge is 0.507 e. The fourth-order valence-electron chi connectivity index (χ4n) is 13.9. The number of aromatic hydroxyl groups is 9. The van der Waals surface area contributed by atoms with Crippen molar-refractivity contribution in [3.8, 4) is 80.5 Å². The van der Waals surface area contributed by atoms with Crippen LogP contribution in [0.2, 0.25) is 15.1 Å². The second kappa shape index (κ2) is 44.3. The predicted molar refractivity (Wildman–Crippen MR) is 519 cm³/mol. The number of hydrogen-bond donors (Lipinski definition) is 17. The summed E-state index contributed by atoms with van der Waals surface area (Å²) >= 11 is 20.5. The number of hydrogen-bond acceptors (Lipinski definition) is 22. The van der Waals surface area contributed by atoms with Gasteiger partial charge >= 0.3 is 47.8 Å². The van der Waals surface area contributed by atoms with Crippen molar-refractivity contribution >= 4 is 185 Å². The number of rotatable bonds is 15. The summed E-state index contributed by atoms with van der Waals surface area (Å²) in [6.45, 7) is 0.804. The number of carboxylic acid groups (broad SMARTS) is 8. The first-order valence-corrected chi connectivity index (χ1v) is 42.2. The molecular weight excluding hydrogens is 1920 g/mol. The Morgan fingerprint density at radius 1 is 0.297 bits per heavy atom. The number of benzene rings is 18. The van der Waals surface area contributed by atoms with E-state index in [0.717, 1.165) is 17.2 Å². The van der Waals surface area contributed by atoms with Gasteiger partial charge in [0.05, 0.1) is 66.5 Å². The number of methoxy groups -OCH3 is 1. The van der Waals surface area contributed by atoms with Crippen LogP contribution in [0.15, 0.2) is 296 Å². The highest BCUT2D eigenvalue weighted by molar-refractivity contribution is 9.10. The third kappa shape index (κ3) is 24.4. The summed E-state index contributed by atoms with van der Waals surface area (Å²) in [7, 11) is 1.53. The van der Waals surface area contributed by atoms with Crippen LogP contribution in [0.3, 0.4) is 0 Å². The molecule has 0 saturated carbocycles. The summed E-state index contributed by atoms with van der Waals surface area (Å²) < 4.78 is 27.6. The number of fused-ring (bicyclic) bond motifs is 9. The lowest BCUT2D eigenvalue weighted by atomic mass is 10.0. The molecule has 0 atom stereocenters. The zero-order chi connectivity index (χ0) is 99.6. The minimum atomic E-state index is -1.12. The van der Waals surface area contributed by atoms with Crippen LogP contribution in [0.5, 0.6) is 80.5 Å². The number of carboxylic acids is 8. The monoisotopic (exact) mass is 1990 g/mol. The Morgan fingerprint density at radius 2 is 0.659 bits per heavy atom. The quantitative estimate of drug-likeness (QED) is 0.0453. The number of phenolic OH excluding ortho intramolecular Hbond substituents is 9. The molecule has 1 aliphatic rings. The first-order valence-electron chi connectivity index (χ1n) is 40.3. The standard InChI is InChI=1S/C25H20O5.C12H8O5.C12H10O4.C11H7BrO3.3C11H7ClO3.C11H8O4/c26-22-12-20(25(27)28)11-19-13-23(29-15-17-7-3-1-4-8-17)24(14-21(19)22)30-16-18-9-5-2-6-10-18;13-9-2-7(12(14)15)1-6-3-10-11(4-8(6)9)17-5-16-10;1-16-9-2-3-10-7(5-9)4-8(12(14)15)6-11(10)13;12-9-8(11(14)15)5-6-3-1-2-4-7(6)10(9)13;12-8-1-2-9-6(4-8)3-7(11(14)15)5-10(9)13;12-8-2-1-6-3-7(11(14)15)4-10(13)9(6)5-8;2*12-8-3-1-2-6-4-7(11(14)15)5-9(13)10(6)8/h1-14,26H,15-16H2,(H,27,28);1-4,13H,5H2,(H,14,15);2-6,13H,1H3,(H,14,15);4*1-5,13H,(H,14,15);1-5,12-13H,(H,14,15). The molecule has 0 amide bonds. The van der Waals surface area contributed by atoms with E-state index in [1.807, 2.05) is 60.7 Å². The topological polar surface area (TPSA) is 527 Å². The van der Waals surface area contributed by atoms with Gasteiger partial charge in [-0.2, -0.15) is 0 Å². The van der Waals surface area contributed by atoms with Gasteiger partial charge in [0.25, 0.3) is 0 Å². The highest BCUT2D eigenvalue weighted by atomic mass is 79.9. The van der Waals surface area contributed by atoms with Crippen molar-refractivity contribution in [2.24, 2.45) is 0 Å². The van der Waals surface area contributed by atoms with Gasteiger partial charge in [-0.05, 0) is 246 Å². The van der Waals surface area contributed by atoms with Gasteiger partial charge in [-0.15, -0.1) is 0 Å². The van der Waals surface area contributed by atoms with Crippen LogP contribution in [0.4, 0.5) is 0 Å². The molecule has 1 heterocycles. The lowest BCUT2D eigenvalue weighted by Gasteiger charge is -2.15. The molecule has 30 nitrogen and oxygen atoms in total. The Morgan fingerprint density at radius 3 is 1.15 bits per heavy atom. The van der Waals surface area contributed by atoms with Crippen molar-refractivity contribution in [2.45, 2.75) is 13.2 Å². The summed E-state index contributed by atoms with van der Waals surface area (Å²) in [4.78, 5) is 86.8. The molecule has 0 radical (unpaired) electrons. The van der Waals surface area contributed by atoms with Crippen LogP contribution >= 0.6 is 50.7 Å². The zero-order valence-corrected chi connectivity index (χ0v) is 75.1. The smallest absolute Gasteiger partial charge is 0.337 e. The molecule has 18 aromatic carbocycles. The zero-order valence-electron chi connectivity index (χ0n) is 71.3. The SMILES string of the molecule is COc1ccc2c(O)cc(C(=O)O)cc2c1.O=C(O)c1cc(O)c2c(Cl)cccc2c1.O=C(O)c1cc(O)c2c(O)cccc2c1.O=C(O)c1cc(O)c2cc(Cl)ccc2c1.O=C(O)c1cc(O)c2cc(OCc3ccccc3)c(OCc3ccccc3)cc2c1.O=C(O)c1cc(O)c2cc3c(cc2c1)OCO3.O=C(O)c1cc(O)c2ccc(Cl)cc2c1.O=C(O)c1cc2ccccc2c(O)c1Br. The fourth-order valence-corrected chi connectivity index (χ4v) is 15.1. The lowest BCUT2D eigenvalue weighted by molar-refractivity contribution is 0.0685. The Hall–Kier alpha value is -17.7. The van der Waals surface area contributed by atoms with Crippen molar-refractivity contribution in [1.82, 2.24) is 0 Å². The number of ether oxygens (including phenoxy) is 5. The average Bonchev–Trinajstić information content (AvgIpc) is 1.76. The summed E-state index contributed by atoms with van der Waals surface area (Å²) in [5.74, 6) is -6.82. The minimum absolute atomic E-state index is 0.00645. The second-order valence-electron chi connectivity index (χ2n) is 29.7. The third-order valence-electron chi connectivity index (χ3n) is 20.6. The molecule has 0 unspecified atom stereocenters. The predicted octanol–water partition coefficient (Wildman–Crippen LogP) is 23.3. The van der Waals surface area contributed by atoms with E-state index in [4.69, 9.17) is 94.2 Å². The minimum Gasteiger partial charge on any atom is -0.507 e. The van der Waals surface area contributed by atoms with Gasteiger partial charge in [-0.25, -0.2) is 38.4 Å². The maximum Gasteiger partial charge on any atom is 0.337 e. The maximum atomic E-state index is 11.4. The van der Waals surface area contributed by atoms with E-state index in [0.29, 0.717) is 138 Å². The Labute approximate surface area is 802 Å². The van der Waals surface area contributed by atoms with Crippen molar-refractivity contribution in [2.75, 3.05) is 13.9 Å². The van der Waals surface area contributed by atoms with E-state index in [1.54, 1.807) is 133 Å². The molecule has 34 heteroatoms. The Kier molecular flexibility index (Phi) is 31.9. The van der Waals surface area contributed by atoms with E-state index in [9.17, 15) is 89.4 Å². The number of aromatic carboxylic acids is 8. The molecule has 698 valence electrons. The van der Waals surface area contributed by atoms with Crippen LogP contribution in [-0.2, 0) is 13.2 Å². The molecule has 0 aliphatic carbocycles. The summed E-state index contributed by atoms with van der Waals surface area (Å²) in [5, 5.41) is 169. The molecule has 1 aliphatic heterocycles. The van der Waals surface area contributed by atoms with Gasteiger partial charge in [-0.1, -0.05) is 150 Å². The van der Waals surface area contributed by atoms with Crippen molar-refractivity contribution in [1.29, 1.82) is 0 Å². The van der Waals surface area contributed by atoms with E-state index in [2.05, 4.69) is 15.9 Å². The molecule has 0 aromatic heterocycles. The van der Waals surface area contributed by atoms with Gasteiger partial charge in [0.15, 0.2) is 23.0 Å². The molecule has 0 spiro atoms. The molecule has 0 saturated heterocycles. The van der Waals surface area contributed by atoms with Gasteiger partial charge in [0.1, 0.15) is 70.7 Å². The average molecular weight is 1990 g/mol. The van der Waals surface area contributed by atoms with Gasteiger partial charge < -0.3 is 110 Å². The maximum absolute atomic E-state index is 11.4. The highest BCUT2D eigenvalue weighted by Gasteiger charge is 2.22. The first-order chi connectivity index (χ1) is 65.8. The van der Waals surface area contributed by atoms with Gasteiger partial charge in [0.2, 0.25) is 6.79 Å². The second-order valence-corrected chi connectivity index (χ2v) is 31.8. The molecule has 0 bridgehead atoms. The van der Waals surface area contributed by atoms with E-state index in [-0.39, 0.29) is 113 Å². The molecule has 0 fully saturated rings. The number of phenols is 9. The van der Waals surface area contributed by atoms with Crippen LogP contribution in [-0.4, -0.2) is 148 Å². The Bertz CT molecular complexity index is 7680. The third-order valence-corrected chi connectivity index (χ3v) is 22.2. The summed E-state index contributed by atoms with van der Waals surface area (Å²) in [6.07, 6.45) is 0. The number of carbonyl (C=O) groups is 8. The van der Waals surface area contributed by atoms with Gasteiger partial charge in [0, 0.05) is 47.7 Å². The molecule has 138 heavy (non-hydrogen) atoms. The normalized spacial score (nSPS) is 10.8. The van der Waals surface area contributed by atoms with Crippen LogP contribution in [0, 0.1) is 0 Å². The van der Waals surface area contributed by atoms with Crippen LogP contribution in [0.25, 0.3) is 86.2 Å². The van der Waals surface area contributed by atoms with E-state index < -0.39 is 47.8 Å². The molecule has 19 rings (SSSR count). The van der Waals surface area contributed by atoms with E-state index in [1.165, 1.54) is 98.1 Å². The summed E-state index contributed by atoms with van der Waals surface area (Å²) in [5.41, 5.74) is 2.29. The van der Waals surface area contributed by atoms with Gasteiger partial charge in [-0.3, -0.25) is 0 Å². The van der Waals surface area contributed by atoms with Crippen LogP contribution in [0.1, 0.15) is 94.0 Å². The molecule has 17 N–H and O–H groups in total. The van der Waals surface area contributed by atoms with E-state index >= 15 is 0 Å². The Balaban J connectivity index is 0.000000144. The number of halogens is 4. The first kappa shape index (κ1) is 99.4. The molecule has 18 aromatic rings. The van der Waals surface area contributed by atoms with Crippen molar-refractivity contribution < 1.29 is 149 Å². The van der Waals surface area contributed by atoms with Crippen LogP contribution < -0.4 is 23.7 Å². The highest BCUT2D eigenvalue weighted by Crippen LogP contribution is 2.44. The summed E-state index contributed by atoms with van der Waals surface area (Å²) in [6, 6.07) is 78.1. The molecular formula is C104H74BrCl3O30. The lowest BCUT2D eigenvalue weighted by Crippen LogP contribution is -2.01. The fraction of sp³-hybridized carbons (Fsp3) is 0.0385.